The van der Waals surface area contributed by atoms with Crippen molar-refractivity contribution in [1.82, 2.24) is 0 Å². The normalized spacial score (nSPS) is 12.2. The van der Waals surface area contributed by atoms with E-state index >= 15 is 0 Å². The first-order valence-electron chi connectivity index (χ1n) is 20.1. The average Bonchev–Trinajstić information content (AvgIpc) is 4.03. The van der Waals surface area contributed by atoms with Crippen LogP contribution < -0.4 is 37.9 Å². The van der Waals surface area contributed by atoms with Crippen molar-refractivity contribution >= 4 is 0 Å². The number of aryl methyl sites for hydroxylation is 1. The lowest BCUT2D eigenvalue weighted by molar-refractivity contribution is 0.196. The molecule has 1 fully saturated rings. The van der Waals surface area contributed by atoms with Crippen molar-refractivity contribution in [3.05, 3.63) is 95.1 Å². The maximum Gasteiger partial charge on any atom is 0.161 e. The first kappa shape index (κ1) is 50.3. The number of ether oxygens (including phenoxy) is 8. The molecule has 328 valence electrons. The molecule has 9 nitrogen and oxygen atoms in total. The molecule has 0 atom stereocenters. The van der Waals surface area contributed by atoms with Crippen LogP contribution in [0, 0.1) is 6.92 Å². The summed E-state index contributed by atoms with van der Waals surface area (Å²) in [4.78, 5) is 0. The lowest BCUT2D eigenvalue weighted by Gasteiger charge is -2.21. The molecule has 0 aromatic heterocycles. The molecule has 1 aliphatic carbocycles. The van der Waals surface area contributed by atoms with E-state index in [9.17, 15) is 4.39 Å². The zero-order valence-electron chi connectivity index (χ0n) is 38.3. The van der Waals surface area contributed by atoms with E-state index in [-0.39, 0.29) is 29.5 Å². The Balaban J connectivity index is 0.000000272. The number of halogens is 1. The summed E-state index contributed by atoms with van der Waals surface area (Å²) < 4.78 is 54.5. The molecule has 10 heteroatoms. The number of alkyl halides is 1. The number of aliphatic hydroxyl groups is 1. The van der Waals surface area contributed by atoms with Gasteiger partial charge in [-0.3, -0.25) is 0 Å². The van der Waals surface area contributed by atoms with E-state index in [4.69, 9.17) is 43.0 Å². The highest BCUT2D eigenvalue weighted by atomic mass is 19.1. The van der Waals surface area contributed by atoms with Crippen molar-refractivity contribution in [2.24, 2.45) is 0 Å². The van der Waals surface area contributed by atoms with E-state index in [0.29, 0.717) is 35.7 Å². The fraction of sp³-hybridized carbons (Fsp3) is 0.510. The summed E-state index contributed by atoms with van der Waals surface area (Å²) in [5, 5.41) is 8.58. The molecule has 0 amide bonds. The van der Waals surface area contributed by atoms with Crippen molar-refractivity contribution in [2.75, 3.05) is 62.0 Å². The van der Waals surface area contributed by atoms with Crippen LogP contribution in [0.25, 0.3) is 0 Å². The largest absolute Gasteiger partial charge is 0.493 e. The summed E-state index contributed by atoms with van der Waals surface area (Å²) in [6.07, 6.45) is 2.75. The van der Waals surface area contributed by atoms with E-state index in [1.165, 1.54) is 24.0 Å². The maximum absolute atomic E-state index is 12.0. The SMILES string of the molecule is COc1cc(C(C)(C)C)ccc1OC1CC1.COc1cc(C(C)(C)C)ccc1OCCF.COc1cc(C)ccc1OCCO.COc1ccc(C(C)(C)C)cc1OC. The standard InChI is InChI=1S/C14H20O2.C13H19FO2.C12H18O2.C10H14O3/c1-14(2,3)10-5-8-12(13(9-10)15-4)16-11-6-7-11;1-13(2,3)10-5-6-11(16-8-7-14)12(9-10)15-4;1-12(2,3)9-6-7-10(13-4)11(8-9)14-5;1-8-3-4-9(13-6-5-11)10(7-8)12-2/h5,8-9,11H,6-7H2,1-4H3;5-6,9H,7-8H2,1-4H3;6-8H,1-5H3;3-4,7,11H,5-6H2,1-2H3. The molecule has 0 aliphatic heterocycles. The van der Waals surface area contributed by atoms with E-state index < -0.39 is 6.67 Å². The Labute approximate surface area is 354 Å². The second-order valence-corrected chi connectivity index (χ2v) is 17.1. The van der Waals surface area contributed by atoms with E-state index in [0.717, 1.165) is 34.1 Å². The Bertz CT molecular complexity index is 1830. The molecule has 4 aromatic carbocycles. The predicted molar refractivity (Wildman–Crippen MR) is 237 cm³/mol. The lowest BCUT2D eigenvalue weighted by Crippen LogP contribution is -2.11. The Morgan fingerprint density at radius 1 is 0.492 bits per heavy atom. The summed E-state index contributed by atoms with van der Waals surface area (Å²) in [6, 6.07) is 23.7. The van der Waals surface area contributed by atoms with E-state index in [1.54, 1.807) is 35.5 Å². The first-order valence-corrected chi connectivity index (χ1v) is 20.1. The smallest absolute Gasteiger partial charge is 0.161 e. The lowest BCUT2D eigenvalue weighted by atomic mass is 9.87. The molecule has 4 aromatic rings. The van der Waals surface area contributed by atoms with E-state index in [2.05, 4.69) is 80.5 Å². The molecule has 1 saturated carbocycles. The molecule has 0 unspecified atom stereocenters. The van der Waals surface area contributed by atoms with Crippen LogP contribution in [-0.4, -0.2) is 73.3 Å². The van der Waals surface area contributed by atoms with Gasteiger partial charge < -0.3 is 43.0 Å². The number of benzene rings is 4. The summed E-state index contributed by atoms with van der Waals surface area (Å²) in [7, 11) is 8.19. The Morgan fingerprint density at radius 2 is 0.847 bits per heavy atom. The average molecular weight is 823 g/mol. The van der Waals surface area contributed by atoms with Gasteiger partial charge in [-0.05, 0) is 107 Å². The third-order valence-corrected chi connectivity index (χ3v) is 9.13. The van der Waals surface area contributed by atoms with Gasteiger partial charge in [0.15, 0.2) is 46.0 Å². The van der Waals surface area contributed by atoms with Crippen LogP contribution in [-0.2, 0) is 16.2 Å². The molecule has 5 rings (SSSR count). The van der Waals surface area contributed by atoms with E-state index in [1.807, 2.05) is 61.5 Å². The van der Waals surface area contributed by atoms with Crippen LogP contribution in [0.4, 0.5) is 4.39 Å². The minimum absolute atomic E-state index is 0.0109. The monoisotopic (exact) mass is 823 g/mol. The fourth-order valence-corrected chi connectivity index (χ4v) is 5.35. The number of hydrogen-bond donors (Lipinski definition) is 1. The van der Waals surface area contributed by atoms with Crippen LogP contribution in [0.2, 0.25) is 0 Å². The van der Waals surface area contributed by atoms with Crippen LogP contribution in [0.1, 0.15) is 97.4 Å². The summed E-state index contributed by atoms with van der Waals surface area (Å²) in [5.41, 5.74) is 5.14. The highest BCUT2D eigenvalue weighted by Crippen LogP contribution is 2.37. The summed E-state index contributed by atoms with van der Waals surface area (Å²) in [5.74, 6) is 5.90. The minimum Gasteiger partial charge on any atom is -0.493 e. The fourth-order valence-electron chi connectivity index (χ4n) is 5.35. The quantitative estimate of drug-likeness (QED) is 0.141. The van der Waals surface area contributed by atoms with Crippen molar-refractivity contribution in [1.29, 1.82) is 0 Å². The summed E-state index contributed by atoms with van der Waals surface area (Å²) >= 11 is 0. The van der Waals surface area contributed by atoms with Gasteiger partial charge in [0.25, 0.3) is 0 Å². The van der Waals surface area contributed by atoms with Crippen LogP contribution in [0.15, 0.2) is 72.8 Å². The molecule has 0 bridgehead atoms. The van der Waals surface area contributed by atoms with Gasteiger partial charge in [-0.25, -0.2) is 4.39 Å². The van der Waals surface area contributed by atoms with Gasteiger partial charge in [0.2, 0.25) is 0 Å². The molecule has 0 radical (unpaired) electrons. The molecular formula is C49H71FO9. The predicted octanol–water partition coefficient (Wildman–Crippen LogP) is 11.3. The maximum atomic E-state index is 12.0. The minimum atomic E-state index is -0.496. The summed E-state index contributed by atoms with van der Waals surface area (Å²) in [6.45, 7) is 21.4. The van der Waals surface area contributed by atoms with Gasteiger partial charge in [-0.2, -0.15) is 0 Å². The third-order valence-electron chi connectivity index (χ3n) is 9.13. The second kappa shape index (κ2) is 23.7. The van der Waals surface area contributed by atoms with Crippen molar-refractivity contribution in [3.63, 3.8) is 0 Å². The number of aliphatic hydroxyl groups excluding tert-OH is 1. The zero-order valence-corrected chi connectivity index (χ0v) is 38.3. The molecule has 1 N–H and O–H groups in total. The molecule has 0 saturated heterocycles. The molecular weight excluding hydrogens is 752 g/mol. The van der Waals surface area contributed by atoms with Crippen LogP contribution in [0.5, 0.6) is 46.0 Å². The second-order valence-electron chi connectivity index (χ2n) is 17.1. The Hall–Kier alpha value is -4.83. The van der Waals surface area contributed by atoms with Crippen molar-refractivity contribution in [3.8, 4) is 46.0 Å². The van der Waals surface area contributed by atoms with Crippen LogP contribution in [0.3, 0.4) is 0 Å². The van der Waals surface area contributed by atoms with Gasteiger partial charge in [0.1, 0.15) is 19.9 Å². The van der Waals surface area contributed by atoms with Gasteiger partial charge in [-0.15, -0.1) is 0 Å². The Kier molecular flexibility index (Phi) is 20.2. The van der Waals surface area contributed by atoms with Crippen LogP contribution >= 0.6 is 0 Å². The third kappa shape index (κ3) is 17.1. The molecule has 0 spiro atoms. The highest BCUT2D eigenvalue weighted by Gasteiger charge is 2.26. The number of hydrogen-bond acceptors (Lipinski definition) is 9. The number of methoxy groups -OCH3 is 5. The first-order chi connectivity index (χ1) is 27.7. The highest BCUT2D eigenvalue weighted by molar-refractivity contribution is 5.47. The topological polar surface area (TPSA) is 94.1 Å². The molecule has 0 heterocycles. The molecule has 1 aliphatic rings. The zero-order chi connectivity index (χ0) is 44.4. The van der Waals surface area contributed by atoms with Crippen molar-refractivity contribution < 1.29 is 47.4 Å². The van der Waals surface area contributed by atoms with Gasteiger partial charge in [-0.1, -0.05) is 86.6 Å². The van der Waals surface area contributed by atoms with Crippen molar-refractivity contribution in [2.45, 2.75) is 104 Å². The van der Waals surface area contributed by atoms with Gasteiger partial charge >= 0.3 is 0 Å². The van der Waals surface area contributed by atoms with Gasteiger partial charge in [0, 0.05) is 0 Å². The Morgan fingerprint density at radius 3 is 1.24 bits per heavy atom. The van der Waals surface area contributed by atoms with Gasteiger partial charge in [0.05, 0.1) is 48.3 Å². The molecule has 59 heavy (non-hydrogen) atoms. The number of rotatable bonds is 13.